The van der Waals surface area contributed by atoms with Crippen molar-refractivity contribution in [2.75, 3.05) is 5.73 Å². The van der Waals surface area contributed by atoms with Crippen molar-refractivity contribution >= 4 is 11.9 Å². The monoisotopic (exact) mass is 149 g/mol. The number of rotatable bonds is 1. The van der Waals surface area contributed by atoms with Crippen LogP contribution in [-0.4, -0.2) is 6.21 Å². The molecule has 0 amide bonds. The summed E-state index contributed by atoms with van der Waals surface area (Å²) in [7, 11) is 0. The van der Waals surface area contributed by atoms with E-state index in [0.29, 0.717) is 0 Å². The maximum atomic E-state index is 5.78. The van der Waals surface area contributed by atoms with Crippen molar-refractivity contribution in [3.63, 3.8) is 0 Å². The van der Waals surface area contributed by atoms with Crippen LogP contribution in [0.25, 0.3) is 0 Å². The summed E-state index contributed by atoms with van der Waals surface area (Å²) in [4.78, 5) is 0. The fraction of sp³-hybridized carbons (Fsp3) is 0.222. The summed E-state index contributed by atoms with van der Waals surface area (Å²) in [6.07, 6.45) is 1.53. The zero-order chi connectivity index (χ0) is 8.43. The molecular formula is C9H13N2+. The molecule has 1 aromatic rings. The van der Waals surface area contributed by atoms with E-state index in [9.17, 15) is 0 Å². The number of anilines is 1. The Morgan fingerprint density at radius 1 is 1.36 bits per heavy atom. The largest absolute Gasteiger partial charge is 0.398 e. The first kappa shape index (κ1) is 7.79. The van der Waals surface area contributed by atoms with Crippen molar-refractivity contribution in [2.24, 2.45) is 0 Å². The topological polar surface area (TPSA) is 51.6 Å². The van der Waals surface area contributed by atoms with E-state index < -0.39 is 0 Å². The number of nitrogen functional groups attached to an aromatic ring is 1. The third kappa shape index (κ3) is 1.24. The summed E-state index contributed by atoms with van der Waals surface area (Å²) >= 11 is 0. The fourth-order valence-electron chi connectivity index (χ4n) is 1.00. The Kier molecular flexibility index (Phi) is 1.94. The van der Waals surface area contributed by atoms with E-state index in [1.165, 1.54) is 11.8 Å². The van der Waals surface area contributed by atoms with Crippen molar-refractivity contribution in [1.29, 1.82) is 0 Å². The molecule has 58 valence electrons. The van der Waals surface area contributed by atoms with E-state index in [2.05, 4.69) is 0 Å². The lowest BCUT2D eigenvalue weighted by molar-refractivity contribution is -0.104. The molecule has 0 aliphatic heterocycles. The second-order valence-corrected chi connectivity index (χ2v) is 2.68. The number of nitrogens with two attached hydrogens (primary N) is 2. The van der Waals surface area contributed by atoms with Gasteiger partial charge < -0.3 is 5.73 Å². The zero-order valence-electron chi connectivity index (χ0n) is 6.89. The van der Waals surface area contributed by atoms with Gasteiger partial charge in [0.25, 0.3) is 0 Å². The van der Waals surface area contributed by atoms with Gasteiger partial charge in [-0.3, -0.25) is 5.41 Å². The molecule has 0 saturated heterocycles. The molecule has 11 heavy (non-hydrogen) atoms. The van der Waals surface area contributed by atoms with Crippen LogP contribution in [0.2, 0.25) is 0 Å². The maximum absolute atomic E-state index is 5.78. The van der Waals surface area contributed by atoms with Crippen LogP contribution in [0.15, 0.2) is 12.1 Å². The van der Waals surface area contributed by atoms with Crippen LogP contribution in [0.4, 0.5) is 5.69 Å². The molecule has 0 radical (unpaired) electrons. The lowest BCUT2D eigenvalue weighted by Gasteiger charge is -2.04. The summed E-state index contributed by atoms with van der Waals surface area (Å²) < 4.78 is 0. The van der Waals surface area contributed by atoms with E-state index in [1.54, 1.807) is 0 Å². The molecule has 1 rings (SSSR count). The van der Waals surface area contributed by atoms with Crippen LogP contribution < -0.4 is 11.1 Å². The third-order valence-electron chi connectivity index (χ3n) is 2.00. The van der Waals surface area contributed by atoms with Crippen molar-refractivity contribution < 1.29 is 5.41 Å². The molecule has 2 nitrogen and oxygen atoms in total. The third-order valence-corrected chi connectivity index (χ3v) is 2.00. The number of hydrogen-bond donors (Lipinski definition) is 2. The highest BCUT2D eigenvalue weighted by atomic mass is 14.6. The zero-order valence-corrected chi connectivity index (χ0v) is 6.89. The number of aryl methyl sites for hydroxylation is 1. The Morgan fingerprint density at radius 2 is 2.00 bits per heavy atom. The van der Waals surface area contributed by atoms with Crippen molar-refractivity contribution in [1.82, 2.24) is 0 Å². The average Bonchev–Trinajstić information content (AvgIpc) is 2.01. The number of benzene rings is 1. The van der Waals surface area contributed by atoms with Crippen LogP contribution in [-0.2, 0) is 0 Å². The van der Waals surface area contributed by atoms with Crippen molar-refractivity contribution in [3.8, 4) is 0 Å². The van der Waals surface area contributed by atoms with Gasteiger partial charge in [0.05, 0.1) is 5.56 Å². The minimum atomic E-state index is 0.785. The molecular weight excluding hydrogens is 136 g/mol. The highest BCUT2D eigenvalue weighted by molar-refractivity contribution is 5.84. The van der Waals surface area contributed by atoms with E-state index >= 15 is 0 Å². The summed E-state index contributed by atoms with van der Waals surface area (Å²) in [5.74, 6) is 0. The first-order valence-electron chi connectivity index (χ1n) is 3.57. The first-order valence-corrected chi connectivity index (χ1v) is 3.57. The Balaban J connectivity index is 3.36. The van der Waals surface area contributed by atoms with Crippen molar-refractivity contribution in [3.05, 3.63) is 28.8 Å². The summed E-state index contributed by atoms with van der Waals surface area (Å²) in [6.45, 7) is 4.03. The van der Waals surface area contributed by atoms with Gasteiger partial charge in [0.2, 0.25) is 0 Å². The van der Waals surface area contributed by atoms with Gasteiger partial charge in [-0.1, -0.05) is 6.07 Å². The van der Waals surface area contributed by atoms with Crippen LogP contribution >= 0.6 is 0 Å². The molecule has 4 N–H and O–H groups in total. The van der Waals surface area contributed by atoms with Crippen LogP contribution in [0.3, 0.4) is 0 Å². The van der Waals surface area contributed by atoms with Gasteiger partial charge in [-0.05, 0) is 31.0 Å². The normalized spacial score (nSPS) is 9.64. The Hall–Kier alpha value is -1.31. The van der Waals surface area contributed by atoms with Gasteiger partial charge in [-0.2, -0.15) is 0 Å². The van der Waals surface area contributed by atoms with E-state index in [0.717, 1.165) is 16.8 Å². The highest BCUT2D eigenvalue weighted by Gasteiger charge is 2.02. The lowest BCUT2D eigenvalue weighted by Crippen LogP contribution is -2.30. The van der Waals surface area contributed by atoms with E-state index in [4.69, 9.17) is 11.1 Å². The molecule has 0 fully saturated rings. The van der Waals surface area contributed by atoms with Gasteiger partial charge in [-0.25, -0.2) is 0 Å². The Bertz CT molecular complexity index is 290. The average molecular weight is 149 g/mol. The van der Waals surface area contributed by atoms with Crippen LogP contribution in [0.5, 0.6) is 0 Å². The fourth-order valence-corrected chi connectivity index (χ4v) is 1.00. The Labute approximate surface area is 66.6 Å². The lowest BCUT2D eigenvalue weighted by atomic mass is 10.0. The molecule has 0 bridgehead atoms. The Morgan fingerprint density at radius 3 is 2.55 bits per heavy atom. The standard InChI is InChI=1S/C9H12N2/c1-6-3-4-8(5-10)9(11)7(6)2/h3-5,10H,11H2,1-2H3/p+1. The number of hydrogen-bond acceptors (Lipinski definition) is 1. The molecule has 0 atom stereocenters. The molecule has 2 heteroatoms. The van der Waals surface area contributed by atoms with Crippen molar-refractivity contribution in [2.45, 2.75) is 13.8 Å². The molecule has 1 aromatic carbocycles. The predicted octanol–water partition coefficient (Wildman–Crippen LogP) is 0.0636. The summed E-state index contributed by atoms with van der Waals surface area (Å²) in [5.41, 5.74) is 9.79. The van der Waals surface area contributed by atoms with E-state index in [-0.39, 0.29) is 0 Å². The minimum absolute atomic E-state index is 0.785. The molecule has 0 spiro atoms. The molecule has 0 saturated carbocycles. The molecule has 0 aromatic heterocycles. The second kappa shape index (κ2) is 2.74. The highest BCUT2D eigenvalue weighted by Crippen LogP contribution is 2.17. The quantitative estimate of drug-likeness (QED) is 0.430. The summed E-state index contributed by atoms with van der Waals surface area (Å²) in [6, 6.07) is 3.95. The predicted molar refractivity (Wildman–Crippen MR) is 47.4 cm³/mol. The van der Waals surface area contributed by atoms with Gasteiger partial charge in [0.15, 0.2) is 6.21 Å². The van der Waals surface area contributed by atoms with E-state index in [1.807, 2.05) is 26.0 Å². The summed E-state index contributed by atoms with van der Waals surface area (Å²) in [5, 5.41) is 5.36. The van der Waals surface area contributed by atoms with Gasteiger partial charge in [-0.15, -0.1) is 0 Å². The molecule has 0 unspecified atom stereocenters. The molecule has 0 aliphatic carbocycles. The first-order chi connectivity index (χ1) is 5.16. The second-order valence-electron chi connectivity index (χ2n) is 2.68. The molecule has 0 heterocycles. The maximum Gasteiger partial charge on any atom is 0.169 e. The van der Waals surface area contributed by atoms with Crippen LogP contribution in [0.1, 0.15) is 16.7 Å². The van der Waals surface area contributed by atoms with Gasteiger partial charge in [0, 0.05) is 5.69 Å². The smallest absolute Gasteiger partial charge is 0.169 e. The SMILES string of the molecule is Cc1ccc(C=[NH2+])c(N)c1C. The molecule has 0 aliphatic rings. The minimum Gasteiger partial charge on any atom is -0.398 e. The van der Waals surface area contributed by atoms with Gasteiger partial charge >= 0.3 is 0 Å². The van der Waals surface area contributed by atoms with Crippen LogP contribution in [0, 0.1) is 13.8 Å². The van der Waals surface area contributed by atoms with Gasteiger partial charge in [0.1, 0.15) is 0 Å².